The third kappa shape index (κ3) is 15.0. The fourth-order valence-electron chi connectivity index (χ4n) is 20.4. The second kappa shape index (κ2) is 36.2. The van der Waals surface area contributed by atoms with Crippen molar-refractivity contribution in [3.8, 4) is 100 Å². The summed E-state index contributed by atoms with van der Waals surface area (Å²) in [5, 5.41) is 15.6. The van der Waals surface area contributed by atoms with Crippen molar-refractivity contribution in [3.63, 3.8) is 0 Å². The van der Waals surface area contributed by atoms with Crippen LogP contribution in [0.3, 0.4) is 0 Å². The molecule has 0 radical (unpaired) electrons. The molecule has 0 atom stereocenters. The van der Waals surface area contributed by atoms with E-state index in [0.29, 0.717) is 60.5 Å². The average Bonchev–Trinajstić information content (AvgIpc) is 0.686. The lowest BCUT2D eigenvalue weighted by Gasteiger charge is -2.19. The van der Waals surface area contributed by atoms with Crippen molar-refractivity contribution in [3.05, 3.63) is 557 Å². The van der Waals surface area contributed by atoms with E-state index >= 15 is 0 Å². The Balaban J connectivity index is 0.000000115. The van der Waals surface area contributed by atoms with E-state index in [4.69, 9.17) is 49.3 Å². The maximum absolute atomic E-state index is 9.27. The highest BCUT2D eigenvalue weighted by Gasteiger charge is 2.25. The number of hydrogen-bond donors (Lipinski definition) is 0. The van der Waals surface area contributed by atoms with E-state index in [2.05, 4.69) is 158 Å². The van der Waals surface area contributed by atoms with Crippen molar-refractivity contribution in [1.82, 2.24) is 0 Å². The first-order valence-corrected chi connectivity index (χ1v) is 46.2. The Morgan fingerprint density at radius 2 is 0.352 bits per heavy atom. The summed E-state index contributed by atoms with van der Waals surface area (Å²) in [5.41, 5.74) is 9.86. The van der Waals surface area contributed by atoms with Crippen LogP contribution in [0.2, 0.25) is 0 Å². The van der Waals surface area contributed by atoms with Crippen LogP contribution >= 0.6 is 0 Å². The van der Waals surface area contributed by atoms with Gasteiger partial charge in [-0.25, -0.2) is 0 Å². The molecule has 29 aromatic rings. The van der Waals surface area contributed by atoms with Gasteiger partial charge in [0.2, 0.25) is 0 Å². The summed E-state index contributed by atoms with van der Waals surface area (Å²) in [6, 6.07) is 90.9. The number of fused-ring (bicyclic) bond motifs is 16. The average molecular weight is 1840 g/mol. The van der Waals surface area contributed by atoms with Crippen molar-refractivity contribution in [1.29, 1.82) is 0 Å². The summed E-state index contributed by atoms with van der Waals surface area (Å²) >= 11 is 0. The van der Waals surface area contributed by atoms with Crippen LogP contribution in [0, 0.1) is 0 Å². The molecule has 29 aromatic carbocycles. The first kappa shape index (κ1) is 53.9. The van der Waals surface area contributed by atoms with Gasteiger partial charge in [-0.2, -0.15) is 0 Å². The van der Waals surface area contributed by atoms with Gasteiger partial charge in [0.25, 0.3) is 0 Å². The third-order valence-electron chi connectivity index (χ3n) is 26.7. The molecule has 142 heavy (non-hydrogen) atoms. The maximum Gasteiger partial charge on any atom is 0.0636 e. The fourth-order valence-corrected chi connectivity index (χ4v) is 20.4. The van der Waals surface area contributed by atoms with E-state index in [1.807, 2.05) is 103 Å². The Kier molecular flexibility index (Phi) is 13.7. The predicted molar refractivity (Wildman–Crippen MR) is 615 cm³/mol. The molecule has 29 rings (SSSR count). The van der Waals surface area contributed by atoms with E-state index in [9.17, 15) is 1.37 Å². The predicted octanol–water partition coefficient (Wildman–Crippen LogP) is 40.2. The maximum atomic E-state index is 9.27. The lowest BCUT2D eigenvalue weighted by molar-refractivity contribution is 1.63. The summed E-state index contributed by atoms with van der Waals surface area (Å²) in [5.74, 6) is 0. The molecular weight excluding hydrogens is 1710 g/mol. The SMILES string of the molecule is [2H]c1c([2H])c([2H])c2c(-c3c4c([2H])c([2H])c([2H])c([2H])c4c(-c4ccc5ccccc5c4)c4c([2H])c([2H])c([2H])c([2H])c34)c([2H])c([2H])c([2H])c2c1[2H].[2H]c1c([2H])c([2H])c2c(-c3cccc4ccccc34)c3c([2H])c([2H])c([2H])c([2H])c3c(-c3ccc4ccccc4c3)c2c1[2H].[2H]c1c([2H])c([2H])c2c([2H])c(-c3c4ccccc4c(-c4c([2H])c([2H])c([2H])c5c([2H])c([2H])c([2H])c([2H])c45)c4ccccc34)c([2H])c([2H])c2c1[2H].c1ccc2cc(-c3c4ccccc4c(-c4ccc(-c5cccc6ccccc56)cc4)c4ccccc34)ccc2c1. The summed E-state index contributed by atoms with van der Waals surface area (Å²) in [4.78, 5) is 0. The summed E-state index contributed by atoms with van der Waals surface area (Å²) in [6.45, 7) is 0. The van der Waals surface area contributed by atoms with Gasteiger partial charge in [-0.15, -0.1) is 0 Å². The van der Waals surface area contributed by atoms with E-state index in [1.165, 1.54) is 76.5 Å². The van der Waals surface area contributed by atoms with Crippen molar-refractivity contribution in [2.24, 2.45) is 0 Å². The zero-order chi connectivity index (χ0) is 126. The second-order valence-electron chi connectivity index (χ2n) is 34.5. The van der Waals surface area contributed by atoms with Crippen LogP contribution in [-0.2, 0) is 0 Å². The van der Waals surface area contributed by atoms with Gasteiger partial charge in [0.05, 0.1) is 50.7 Å². The van der Waals surface area contributed by atoms with Crippen LogP contribution in [0.25, 0.3) is 273 Å². The molecule has 660 valence electrons. The summed E-state index contributed by atoms with van der Waals surface area (Å²) < 4.78 is 324. The van der Waals surface area contributed by atoms with Crippen LogP contribution in [0.5, 0.6) is 0 Å². The monoisotopic (exact) mass is 1830 g/mol. The number of hydrogen-bond acceptors (Lipinski definition) is 0. The van der Waals surface area contributed by atoms with Crippen LogP contribution in [0.1, 0.15) is 50.7 Å². The second-order valence-corrected chi connectivity index (χ2v) is 34.5. The Bertz CT molecular complexity index is 12200. The molecule has 0 aliphatic carbocycles. The smallest absolute Gasteiger partial charge is 0.0616 e. The van der Waals surface area contributed by atoms with Gasteiger partial charge in [0.15, 0.2) is 0 Å². The summed E-state index contributed by atoms with van der Waals surface area (Å²) in [7, 11) is 0. The first-order valence-electron chi connectivity index (χ1n) is 64.7. The Morgan fingerprint density at radius 3 is 0.746 bits per heavy atom. The normalized spacial score (nSPS) is 15.2. The Labute approximate surface area is 876 Å². The van der Waals surface area contributed by atoms with Crippen molar-refractivity contribution >= 4 is 172 Å². The van der Waals surface area contributed by atoms with Crippen LogP contribution in [-0.4, -0.2) is 0 Å². The summed E-state index contributed by atoms with van der Waals surface area (Å²) in [6.07, 6.45) is 0. The molecule has 0 nitrogen and oxygen atoms in total. The van der Waals surface area contributed by atoms with Crippen molar-refractivity contribution in [2.45, 2.75) is 0 Å². The molecule has 0 aliphatic heterocycles. The molecule has 0 aromatic heterocycles. The molecule has 0 N–H and O–H groups in total. The minimum absolute atomic E-state index is 0.0166. The molecule has 0 saturated heterocycles. The van der Waals surface area contributed by atoms with E-state index in [1.54, 1.807) is 72.8 Å². The standard InChI is InChI=1S/C40H26.3C34H22/c1-2-12-31-26-32(25-20-27(31)10-1)40-37-17-7-5-15-35(37)39(36-16-6-8-18-38(36)40)30-23-21-29(22-24-30)34-19-9-13-28-11-3-4-14-33(28)34;3*1-2-12-25-22-26(21-20-23(25)10-1)33-29-15-5-7-17-31(29)34(32-18-8-6-16-30(32)33)28-19-9-13-24-11-3-4-14-27(24)28/h1-26H;3*1-22H/i;3D,4D,5D,6D,7D,8D,9D,11D,13D,14D,15D,16D,17D,18D,19D;1D,2D,3D,4D,9D,10D,11D,12D,13D,14D,19D,20D,21D,22D;5D,6D,7D,8D,15D,16D,17D,18D. The van der Waals surface area contributed by atoms with Gasteiger partial charge in [-0.3, -0.25) is 0 Å². The van der Waals surface area contributed by atoms with Gasteiger partial charge < -0.3 is 0 Å². The van der Waals surface area contributed by atoms with Crippen LogP contribution in [0.4, 0.5) is 0 Å². The third-order valence-corrected chi connectivity index (χ3v) is 26.7. The molecule has 0 bridgehead atoms. The quantitative estimate of drug-likeness (QED) is 0.126. The molecule has 0 heteroatoms. The van der Waals surface area contributed by atoms with E-state index in [-0.39, 0.29) is 117 Å². The van der Waals surface area contributed by atoms with Gasteiger partial charge >= 0.3 is 0 Å². The minimum atomic E-state index is -0.742. The molecular formula is C142H92. The van der Waals surface area contributed by atoms with Gasteiger partial charge in [0, 0.05) is 0 Å². The highest BCUT2D eigenvalue weighted by molar-refractivity contribution is 6.29. The molecule has 0 fully saturated rings. The highest BCUT2D eigenvalue weighted by atomic mass is 14.3. The molecule has 0 unspecified atom stereocenters. The fraction of sp³-hybridized carbons (Fsp3) is 0. The lowest BCUT2D eigenvalue weighted by Crippen LogP contribution is -1.91. The minimum Gasteiger partial charge on any atom is -0.0616 e. The zero-order valence-corrected chi connectivity index (χ0v) is 75.3. The van der Waals surface area contributed by atoms with Gasteiger partial charge in [-0.1, -0.05) is 533 Å². The van der Waals surface area contributed by atoms with Crippen molar-refractivity contribution < 1.29 is 50.7 Å². The van der Waals surface area contributed by atoms with E-state index < -0.39 is 210 Å². The van der Waals surface area contributed by atoms with Crippen molar-refractivity contribution in [2.75, 3.05) is 0 Å². The first-order chi connectivity index (χ1) is 85.9. The van der Waals surface area contributed by atoms with Crippen LogP contribution < -0.4 is 0 Å². The zero-order valence-electron chi connectivity index (χ0n) is 112. The molecule has 0 saturated carbocycles. The van der Waals surface area contributed by atoms with Gasteiger partial charge in [0.1, 0.15) is 0 Å². The largest absolute Gasteiger partial charge is 0.0636 e. The number of benzene rings is 29. The molecule has 0 aliphatic rings. The molecule has 0 amide bonds. The molecule has 0 heterocycles. The Hall–Kier alpha value is -18.5. The highest BCUT2D eigenvalue weighted by Crippen LogP contribution is 2.52. The Morgan fingerprint density at radius 1 is 0.106 bits per heavy atom. The van der Waals surface area contributed by atoms with Crippen LogP contribution in [0.15, 0.2) is 557 Å². The topological polar surface area (TPSA) is 0 Å². The lowest BCUT2D eigenvalue weighted by atomic mass is 9.84. The molecule has 0 spiro atoms. The van der Waals surface area contributed by atoms with E-state index in [0.717, 1.165) is 32.3 Å². The van der Waals surface area contributed by atoms with Gasteiger partial charge in [-0.05, 0) is 297 Å². The number of rotatable bonds is 9.